The molecule has 1 aliphatic heterocycles. The number of hydrogen-bond acceptors (Lipinski definition) is 6. The second-order valence-corrected chi connectivity index (χ2v) is 17.1. The predicted molar refractivity (Wildman–Crippen MR) is 212 cm³/mol. The summed E-state index contributed by atoms with van der Waals surface area (Å²) in [6.07, 6.45) is 3.74. The fraction of sp³-hybridized carbons (Fsp3) is 0.395. The first-order valence-corrected chi connectivity index (χ1v) is 19.7. The Kier molecular flexibility index (Phi) is 12.0. The predicted octanol–water partition coefficient (Wildman–Crippen LogP) is 7.95. The quantitative estimate of drug-likeness (QED) is 0.0948. The van der Waals surface area contributed by atoms with Crippen molar-refractivity contribution in [3.63, 3.8) is 0 Å². The maximum Gasteiger partial charge on any atom is 0.266 e. The van der Waals surface area contributed by atoms with Crippen molar-refractivity contribution in [1.29, 1.82) is 0 Å². The molecular weight excluding hydrogens is 671 g/mol. The molecule has 1 atom stereocenters. The lowest BCUT2D eigenvalue weighted by Gasteiger charge is -2.40. The van der Waals surface area contributed by atoms with Crippen molar-refractivity contribution in [2.24, 2.45) is 11.3 Å². The summed E-state index contributed by atoms with van der Waals surface area (Å²) in [5.74, 6) is -0.307. The van der Waals surface area contributed by atoms with Gasteiger partial charge < -0.3 is 20.3 Å². The Labute approximate surface area is 309 Å². The van der Waals surface area contributed by atoms with Crippen molar-refractivity contribution in [1.82, 2.24) is 5.32 Å². The van der Waals surface area contributed by atoms with Crippen LogP contribution < -0.4 is 15.5 Å². The zero-order valence-corrected chi connectivity index (χ0v) is 32.1. The molecule has 0 spiro atoms. The van der Waals surface area contributed by atoms with Gasteiger partial charge >= 0.3 is 0 Å². The van der Waals surface area contributed by atoms with E-state index in [0.29, 0.717) is 29.9 Å². The molecule has 8 nitrogen and oxygen atoms in total. The van der Waals surface area contributed by atoms with E-state index in [0.717, 1.165) is 60.3 Å². The Morgan fingerprint density at radius 1 is 0.885 bits per heavy atom. The first-order chi connectivity index (χ1) is 24.6. The standard InChI is InChI=1S/C43H53N3O5S/c1-30-25-31(2)40(32(3)26-30)34-11-15-38(16-12-34)45-28-43(29-47,27-33-7-9-35(10-8-33)41(48)44-21-24-52(49,50)51)37-13-17-39(18-14-37)46-22-19-36(20-23-46)42(4,5)6/h7-18,25-26,29,36,45H,19-24,27-28H2,1-6H3,(H,44,48)(H,49,50,51)/t43-/m1/s1. The molecule has 1 heterocycles. The lowest BCUT2D eigenvalue weighted by atomic mass is 9.75. The molecule has 0 unspecified atom stereocenters. The fourth-order valence-electron chi connectivity index (χ4n) is 7.61. The van der Waals surface area contributed by atoms with Gasteiger partial charge in [-0.05, 0) is 121 Å². The Hall–Kier alpha value is -4.47. The second kappa shape index (κ2) is 16.0. The molecule has 0 saturated carbocycles. The Morgan fingerprint density at radius 3 is 2.02 bits per heavy atom. The summed E-state index contributed by atoms with van der Waals surface area (Å²) in [6, 6.07) is 28.2. The minimum atomic E-state index is -4.18. The molecule has 1 saturated heterocycles. The highest BCUT2D eigenvalue weighted by Crippen LogP contribution is 2.37. The zero-order chi connectivity index (χ0) is 37.7. The van der Waals surface area contributed by atoms with Crippen LogP contribution in [0.3, 0.4) is 0 Å². The number of rotatable bonds is 13. The summed E-state index contributed by atoms with van der Waals surface area (Å²) in [7, 11) is -4.18. The lowest BCUT2D eigenvalue weighted by molar-refractivity contribution is -0.112. The number of nitrogens with one attached hydrogen (secondary N) is 2. The van der Waals surface area contributed by atoms with Crippen LogP contribution in [-0.4, -0.2) is 57.1 Å². The van der Waals surface area contributed by atoms with Crippen molar-refractivity contribution >= 4 is 33.7 Å². The van der Waals surface area contributed by atoms with E-state index in [2.05, 4.69) is 118 Å². The van der Waals surface area contributed by atoms with Crippen molar-refractivity contribution in [3.8, 4) is 11.1 Å². The number of anilines is 2. The number of carbonyl (C=O) groups is 2. The van der Waals surface area contributed by atoms with Crippen LogP contribution in [0.5, 0.6) is 0 Å². The van der Waals surface area contributed by atoms with Gasteiger partial charge in [-0.3, -0.25) is 9.35 Å². The van der Waals surface area contributed by atoms with Crippen LogP contribution in [0.2, 0.25) is 0 Å². The SMILES string of the molecule is Cc1cc(C)c(-c2ccc(NC[C@@](C=O)(Cc3ccc(C(=O)NCCS(=O)(=O)O)cc3)c3ccc(N4CCC(C(C)(C)C)CC4)cc3)cc2)c(C)c1. The second-order valence-electron chi connectivity index (χ2n) is 15.6. The number of piperidine rings is 1. The van der Waals surface area contributed by atoms with Crippen LogP contribution in [0.4, 0.5) is 11.4 Å². The van der Waals surface area contributed by atoms with E-state index >= 15 is 0 Å². The summed E-state index contributed by atoms with van der Waals surface area (Å²) >= 11 is 0. The topological polar surface area (TPSA) is 116 Å². The van der Waals surface area contributed by atoms with Gasteiger partial charge in [0, 0.05) is 43.1 Å². The molecule has 3 N–H and O–H groups in total. The molecule has 52 heavy (non-hydrogen) atoms. The average molecular weight is 724 g/mol. The van der Waals surface area contributed by atoms with Crippen LogP contribution in [0, 0.1) is 32.1 Å². The number of benzene rings is 4. The maximum atomic E-state index is 13.3. The summed E-state index contributed by atoms with van der Waals surface area (Å²) < 4.78 is 31.0. The van der Waals surface area contributed by atoms with Crippen LogP contribution in [-0.2, 0) is 26.7 Å². The van der Waals surface area contributed by atoms with E-state index in [4.69, 9.17) is 4.55 Å². The highest BCUT2D eigenvalue weighted by molar-refractivity contribution is 7.85. The van der Waals surface area contributed by atoms with E-state index in [-0.39, 0.29) is 6.54 Å². The van der Waals surface area contributed by atoms with E-state index in [9.17, 15) is 18.0 Å². The summed E-state index contributed by atoms with van der Waals surface area (Å²) in [5, 5.41) is 6.07. The molecule has 0 aliphatic carbocycles. The average Bonchev–Trinajstić information content (AvgIpc) is 3.10. The van der Waals surface area contributed by atoms with E-state index in [1.165, 1.54) is 22.3 Å². The highest BCUT2D eigenvalue weighted by atomic mass is 32.2. The minimum absolute atomic E-state index is 0.199. The van der Waals surface area contributed by atoms with Gasteiger partial charge in [0.15, 0.2) is 0 Å². The molecule has 0 bridgehead atoms. The number of hydrogen-bond donors (Lipinski definition) is 3. The maximum absolute atomic E-state index is 13.3. The Balaban J connectivity index is 1.37. The molecule has 0 radical (unpaired) electrons. The molecule has 5 rings (SSSR count). The monoisotopic (exact) mass is 723 g/mol. The third-order valence-corrected chi connectivity index (χ3v) is 11.3. The van der Waals surface area contributed by atoms with Gasteiger partial charge in [-0.2, -0.15) is 8.42 Å². The number of aryl methyl sites for hydroxylation is 3. The van der Waals surface area contributed by atoms with Crippen LogP contribution in [0.1, 0.15) is 71.8 Å². The van der Waals surface area contributed by atoms with E-state index in [1.807, 2.05) is 12.1 Å². The highest BCUT2D eigenvalue weighted by Gasteiger charge is 2.34. The Morgan fingerprint density at radius 2 is 1.48 bits per heavy atom. The smallest absolute Gasteiger partial charge is 0.266 e. The van der Waals surface area contributed by atoms with Gasteiger partial charge in [0.2, 0.25) is 0 Å². The first kappa shape index (κ1) is 38.8. The first-order valence-electron chi connectivity index (χ1n) is 18.1. The van der Waals surface area contributed by atoms with E-state index < -0.39 is 27.2 Å². The van der Waals surface area contributed by atoms with Gasteiger partial charge in [-0.25, -0.2) is 0 Å². The summed E-state index contributed by atoms with van der Waals surface area (Å²) in [6.45, 7) is 15.5. The zero-order valence-electron chi connectivity index (χ0n) is 31.3. The third-order valence-electron chi connectivity index (χ3n) is 10.6. The third kappa shape index (κ3) is 9.69. The van der Waals surface area contributed by atoms with Gasteiger partial charge in [-0.15, -0.1) is 0 Å². The number of carbonyl (C=O) groups excluding carboxylic acids is 2. The summed E-state index contributed by atoms with van der Waals surface area (Å²) in [5.41, 5.74) is 9.68. The van der Waals surface area contributed by atoms with Gasteiger partial charge in [0.1, 0.15) is 6.29 Å². The molecule has 276 valence electrons. The van der Waals surface area contributed by atoms with Crippen LogP contribution in [0.25, 0.3) is 11.1 Å². The van der Waals surface area contributed by atoms with Crippen molar-refractivity contribution in [2.45, 2.75) is 66.2 Å². The van der Waals surface area contributed by atoms with Crippen molar-refractivity contribution in [3.05, 3.63) is 118 Å². The minimum Gasteiger partial charge on any atom is -0.384 e. The van der Waals surface area contributed by atoms with Crippen LogP contribution in [0.15, 0.2) is 84.9 Å². The molecule has 1 amide bonds. The fourth-order valence-corrected chi connectivity index (χ4v) is 7.97. The van der Waals surface area contributed by atoms with Gasteiger partial charge in [-0.1, -0.05) is 74.9 Å². The molecule has 9 heteroatoms. The molecule has 1 fully saturated rings. The van der Waals surface area contributed by atoms with Gasteiger partial charge in [0.25, 0.3) is 16.0 Å². The molecule has 4 aromatic rings. The number of amides is 1. The lowest BCUT2D eigenvalue weighted by Crippen LogP contribution is -2.39. The largest absolute Gasteiger partial charge is 0.384 e. The van der Waals surface area contributed by atoms with Crippen molar-refractivity contribution in [2.75, 3.05) is 42.1 Å². The normalized spacial score (nSPS) is 15.2. The van der Waals surface area contributed by atoms with Crippen LogP contribution >= 0.6 is 0 Å². The Bertz CT molecular complexity index is 1940. The van der Waals surface area contributed by atoms with Crippen molar-refractivity contribution < 1.29 is 22.6 Å². The molecule has 0 aromatic heterocycles. The molecule has 1 aliphatic rings. The van der Waals surface area contributed by atoms with Gasteiger partial charge in [0.05, 0.1) is 11.2 Å². The molecular formula is C43H53N3O5S. The number of nitrogens with zero attached hydrogens (tertiary/aromatic N) is 1. The van der Waals surface area contributed by atoms with E-state index in [1.54, 1.807) is 12.1 Å². The summed E-state index contributed by atoms with van der Waals surface area (Å²) in [4.78, 5) is 28.3. The number of aldehydes is 1. The molecule has 4 aromatic carbocycles.